The van der Waals surface area contributed by atoms with Crippen LogP contribution in [0.5, 0.6) is 5.75 Å². The molecule has 2 aromatic carbocycles. The van der Waals surface area contributed by atoms with Crippen LogP contribution >= 0.6 is 0 Å². The monoisotopic (exact) mass is 492 g/mol. The van der Waals surface area contributed by atoms with Crippen molar-refractivity contribution in [3.63, 3.8) is 0 Å². The predicted molar refractivity (Wildman–Crippen MR) is 144 cm³/mol. The van der Waals surface area contributed by atoms with Crippen LogP contribution in [-0.2, 0) is 9.59 Å². The maximum Gasteiger partial charge on any atom is 0.295 e. The summed E-state index contributed by atoms with van der Waals surface area (Å²) in [6, 6.07) is 14.4. The number of rotatable bonds is 12. The first kappa shape index (κ1) is 27.5. The Labute approximate surface area is 215 Å². The molecule has 1 saturated heterocycles. The fourth-order valence-corrected chi connectivity index (χ4v) is 4.63. The first-order valence-electron chi connectivity index (χ1n) is 13.2. The number of likely N-dealkylation sites (tertiary alicyclic amines) is 1. The first-order valence-corrected chi connectivity index (χ1v) is 13.2. The van der Waals surface area contributed by atoms with Gasteiger partial charge in [-0.1, -0.05) is 71.0 Å². The van der Waals surface area contributed by atoms with Gasteiger partial charge in [0.25, 0.3) is 11.7 Å². The number of amides is 1. The van der Waals surface area contributed by atoms with E-state index >= 15 is 0 Å². The second-order valence-corrected chi connectivity index (χ2v) is 9.57. The van der Waals surface area contributed by atoms with Gasteiger partial charge in [-0.25, -0.2) is 0 Å². The lowest BCUT2D eigenvalue weighted by molar-refractivity contribution is -0.140. The van der Waals surface area contributed by atoms with Gasteiger partial charge in [-0.05, 0) is 61.7 Å². The lowest BCUT2D eigenvalue weighted by atomic mass is 9.93. The summed E-state index contributed by atoms with van der Waals surface area (Å²) < 4.78 is 5.72. The number of benzene rings is 2. The van der Waals surface area contributed by atoms with Gasteiger partial charge in [0.05, 0.1) is 18.2 Å². The largest absolute Gasteiger partial charge is 0.507 e. The van der Waals surface area contributed by atoms with E-state index in [-0.39, 0.29) is 11.3 Å². The van der Waals surface area contributed by atoms with Crippen LogP contribution in [0.15, 0.2) is 54.1 Å². The minimum atomic E-state index is -0.645. The van der Waals surface area contributed by atoms with Crippen molar-refractivity contribution in [2.75, 3.05) is 32.8 Å². The van der Waals surface area contributed by atoms with Crippen LogP contribution in [0.4, 0.5) is 0 Å². The molecule has 1 unspecified atom stereocenters. The predicted octanol–water partition coefficient (Wildman–Crippen LogP) is 5.75. The van der Waals surface area contributed by atoms with Crippen LogP contribution in [-0.4, -0.2) is 59.4 Å². The molecule has 0 radical (unpaired) electrons. The fraction of sp³-hybridized carbons (Fsp3) is 0.467. The Morgan fingerprint density at radius 3 is 2.36 bits per heavy atom. The molecule has 0 saturated carbocycles. The molecule has 3 rings (SSSR count). The summed E-state index contributed by atoms with van der Waals surface area (Å²) >= 11 is 0. The Morgan fingerprint density at radius 2 is 1.75 bits per heavy atom. The third-order valence-electron chi connectivity index (χ3n) is 6.81. The van der Waals surface area contributed by atoms with Gasteiger partial charge in [-0.2, -0.15) is 0 Å². The molecule has 0 aliphatic carbocycles. The first-order chi connectivity index (χ1) is 17.3. The Hall–Kier alpha value is -3.12. The van der Waals surface area contributed by atoms with E-state index in [9.17, 15) is 14.7 Å². The van der Waals surface area contributed by atoms with Crippen molar-refractivity contribution in [1.82, 2.24) is 9.80 Å². The van der Waals surface area contributed by atoms with Crippen LogP contribution in [0.2, 0.25) is 0 Å². The van der Waals surface area contributed by atoms with Crippen molar-refractivity contribution in [2.24, 2.45) is 0 Å². The molecule has 6 nitrogen and oxygen atoms in total. The summed E-state index contributed by atoms with van der Waals surface area (Å²) in [5.74, 6) is -0.391. The zero-order valence-corrected chi connectivity index (χ0v) is 22.3. The number of nitrogens with zero attached hydrogens (tertiary/aromatic N) is 2. The molecular weight excluding hydrogens is 452 g/mol. The maximum absolute atomic E-state index is 13.3. The van der Waals surface area contributed by atoms with E-state index in [2.05, 4.69) is 32.6 Å². The van der Waals surface area contributed by atoms with E-state index in [1.54, 1.807) is 23.1 Å². The molecule has 0 bridgehead atoms. The number of hydrogen-bond acceptors (Lipinski definition) is 5. The van der Waals surface area contributed by atoms with Crippen LogP contribution in [0.1, 0.15) is 76.1 Å². The van der Waals surface area contributed by atoms with E-state index in [1.807, 2.05) is 37.3 Å². The SMILES string of the molecule is CCCOc1cccc(C(O)=C2C(=O)C(=O)N(CCCN(CC)CC)C2c2ccc(C(C)C)cc2)c1. The summed E-state index contributed by atoms with van der Waals surface area (Å²) in [6.07, 6.45) is 1.61. The van der Waals surface area contributed by atoms with Crippen molar-refractivity contribution in [3.05, 3.63) is 70.8 Å². The van der Waals surface area contributed by atoms with Crippen molar-refractivity contribution in [1.29, 1.82) is 0 Å². The number of ether oxygens (including phenoxy) is 1. The maximum atomic E-state index is 13.3. The highest BCUT2D eigenvalue weighted by Gasteiger charge is 2.45. The molecule has 1 N–H and O–H groups in total. The normalized spacial score (nSPS) is 17.4. The molecule has 2 aromatic rings. The van der Waals surface area contributed by atoms with Gasteiger partial charge in [-0.15, -0.1) is 0 Å². The highest BCUT2D eigenvalue weighted by atomic mass is 16.5. The third kappa shape index (κ3) is 6.16. The lowest BCUT2D eigenvalue weighted by Gasteiger charge is -2.27. The van der Waals surface area contributed by atoms with E-state index in [0.29, 0.717) is 30.4 Å². The van der Waals surface area contributed by atoms with E-state index in [1.165, 1.54) is 5.56 Å². The highest BCUT2D eigenvalue weighted by molar-refractivity contribution is 6.46. The van der Waals surface area contributed by atoms with Crippen LogP contribution in [0.3, 0.4) is 0 Å². The summed E-state index contributed by atoms with van der Waals surface area (Å²) in [4.78, 5) is 30.5. The molecule has 1 amide bonds. The molecule has 1 fully saturated rings. The topological polar surface area (TPSA) is 70.1 Å². The van der Waals surface area contributed by atoms with Crippen molar-refractivity contribution in [2.45, 2.75) is 59.4 Å². The van der Waals surface area contributed by atoms with Crippen molar-refractivity contribution >= 4 is 17.4 Å². The molecule has 1 aliphatic heterocycles. The summed E-state index contributed by atoms with van der Waals surface area (Å²) in [6.45, 7) is 14.2. The summed E-state index contributed by atoms with van der Waals surface area (Å²) in [5.41, 5.74) is 2.60. The Kier molecular flexibility index (Phi) is 9.71. The van der Waals surface area contributed by atoms with Crippen LogP contribution < -0.4 is 4.74 Å². The van der Waals surface area contributed by atoms with Gasteiger partial charge in [0.1, 0.15) is 11.5 Å². The molecule has 1 heterocycles. The van der Waals surface area contributed by atoms with E-state index in [0.717, 1.165) is 38.0 Å². The number of Topliss-reactive ketones (excluding diaryl/α,β-unsaturated/α-hetero) is 1. The minimum absolute atomic E-state index is 0.132. The lowest BCUT2D eigenvalue weighted by Crippen LogP contribution is -2.33. The quantitative estimate of drug-likeness (QED) is 0.232. The average Bonchev–Trinajstić information content (AvgIpc) is 3.14. The molecule has 0 spiro atoms. The van der Waals surface area contributed by atoms with Crippen molar-refractivity contribution in [3.8, 4) is 5.75 Å². The Bertz CT molecular complexity index is 1070. The highest BCUT2D eigenvalue weighted by Crippen LogP contribution is 2.40. The second-order valence-electron chi connectivity index (χ2n) is 9.57. The van der Waals surface area contributed by atoms with Crippen LogP contribution in [0, 0.1) is 0 Å². The zero-order chi connectivity index (χ0) is 26.2. The average molecular weight is 493 g/mol. The summed E-state index contributed by atoms with van der Waals surface area (Å²) in [7, 11) is 0. The minimum Gasteiger partial charge on any atom is -0.507 e. The number of ketones is 1. The van der Waals surface area contributed by atoms with Crippen LogP contribution in [0.25, 0.3) is 5.76 Å². The number of carbonyl (C=O) groups is 2. The zero-order valence-electron chi connectivity index (χ0n) is 22.3. The van der Waals surface area contributed by atoms with Gasteiger partial charge in [0.2, 0.25) is 0 Å². The van der Waals surface area contributed by atoms with Gasteiger partial charge in [0.15, 0.2) is 0 Å². The van der Waals surface area contributed by atoms with Gasteiger partial charge < -0.3 is 19.6 Å². The standard InChI is InChI=1S/C30H40N2O4/c1-6-19-36-25-12-9-11-24(20-25)28(33)26-27(23-15-13-22(14-16-23)21(4)5)32(30(35)29(26)34)18-10-17-31(7-2)8-3/h9,11-16,20-21,27,33H,6-8,10,17-19H2,1-5H3. The number of carbonyl (C=O) groups excluding carboxylic acids is 2. The Balaban J connectivity index is 2.03. The molecule has 0 aromatic heterocycles. The third-order valence-corrected chi connectivity index (χ3v) is 6.81. The number of hydrogen-bond donors (Lipinski definition) is 1. The van der Waals surface area contributed by atoms with Crippen molar-refractivity contribution < 1.29 is 19.4 Å². The Morgan fingerprint density at radius 1 is 1.06 bits per heavy atom. The molecule has 1 aliphatic rings. The van der Waals surface area contributed by atoms with Gasteiger partial charge >= 0.3 is 0 Å². The van der Waals surface area contributed by atoms with E-state index in [4.69, 9.17) is 4.74 Å². The molecule has 36 heavy (non-hydrogen) atoms. The second kappa shape index (κ2) is 12.7. The van der Waals surface area contributed by atoms with Gasteiger partial charge in [0, 0.05) is 12.1 Å². The molecule has 6 heteroatoms. The molecule has 1 atom stereocenters. The molecule has 194 valence electrons. The summed E-state index contributed by atoms with van der Waals surface area (Å²) in [5, 5.41) is 11.4. The van der Waals surface area contributed by atoms with E-state index < -0.39 is 17.7 Å². The number of aliphatic hydroxyl groups excluding tert-OH is 1. The fourth-order valence-electron chi connectivity index (χ4n) is 4.63. The molecular formula is C30H40N2O4. The number of aliphatic hydroxyl groups is 1. The van der Waals surface area contributed by atoms with Gasteiger partial charge in [-0.3, -0.25) is 9.59 Å². The smallest absolute Gasteiger partial charge is 0.295 e.